The lowest BCUT2D eigenvalue weighted by Gasteiger charge is -2.31. The second kappa shape index (κ2) is 9.27. The lowest BCUT2D eigenvalue weighted by Crippen LogP contribution is -2.41. The number of hydrogen-bond acceptors (Lipinski definition) is 3. The molecule has 0 saturated heterocycles. The Hall–Kier alpha value is -2.60. The van der Waals surface area contributed by atoms with Gasteiger partial charge in [-0.25, -0.2) is 0 Å². The summed E-state index contributed by atoms with van der Waals surface area (Å²) in [5.74, 6) is 0.573. The van der Waals surface area contributed by atoms with Crippen molar-refractivity contribution < 1.29 is 9.59 Å². The molecular formula is C25H31N3O2S. The van der Waals surface area contributed by atoms with Gasteiger partial charge in [0.2, 0.25) is 11.8 Å². The molecule has 0 bridgehead atoms. The molecule has 1 aliphatic rings. The number of amides is 2. The van der Waals surface area contributed by atoms with Crippen LogP contribution >= 0.6 is 11.3 Å². The molecule has 0 aliphatic carbocycles. The van der Waals surface area contributed by atoms with Crippen molar-refractivity contribution in [1.82, 2.24) is 9.88 Å². The van der Waals surface area contributed by atoms with E-state index in [0.29, 0.717) is 12.5 Å². The van der Waals surface area contributed by atoms with Gasteiger partial charge in [-0.3, -0.25) is 9.59 Å². The maximum atomic E-state index is 13.3. The summed E-state index contributed by atoms with van der Waals surface area (Å²) in [6, 6.07) is 10.3. The number of rotatable bonds is 7. The van der Waals surface area contributed by atoms with Crippen molar-refractivity contribution in [3.8, 4) is 0 Å². The molecule has 6 heteroatoms. The highest BCUT2D eigenvalue weighted by Crippen LogP contribution is 2.27. The number of anilines is 1. The molecule has 1 N–H and O–H groups in total. The minimum absolute atomic E-state index is 0.0182. The summed E-state index contributed by atoms with van der Waals surface area (Å²) in [6.45, 7) is 7.87. The normalized spacial score (nSPS) is 14.6. The zero-order valence-corrected chi connectivity index (χ0v) is 19.4. The van der Waals surface area contributed by atoms with E-state index in [0.717, 1.165) is 36.0 Å². The largest absolute Gasteiger partial charge is 0.361 e. The number of H-pyrrole nitrogens is 1. The van der Waals surface area contributed by atoms with Gasteiger partial charge in [0.25, 0.3) is 0 Å². The van der Waals surface area contributed by atoms with E-state index in [1.165, 1.54) is 10.4 Å². The number of aromatic amines is 1. The van der Waals surface area contributed by atoms with Crippen molar-refractivity contribution in [3.05, 3.63) is 52.3 Å². The average Bonchev–Trinajstić information content (AvgIpc) is 3.39. The van der Waals surface area contributed by atoms with Crippen LogP contribution in [0.2, 0.25) is 0 Å². The summed E-state index contributed by atoms with van der Waals surface area (Å²) >= 11 is 1.77. The van der Waals surface area contributed by atoms with Crippen LogP contribution in [0.5, 0.6) is 0 Å². The van der Waals surface area contributed by atoms with Crippen molar-refractivity contribution >= 4 is 39.7 Å². The van der Waals surface area contributed by atoms with Crippen LogP contribution in [-0.2, 0) is 22.6 Å². The quantitative estimate of drug-likeness (QED) is 0.541. The van der Waals surface area contributed by atoms with Crippen molar-refractivity contribution in [3.63, 3.8) is 0 Å². The molecule has 1 atom stereocenters. The lowest BCUT2D eigenvalue weighted by atomic mass is 10.0. The van der Waals surface area contributed by atoms with Gasteiger partial charge >= 0.3 is 0 Å². The molecular weight excluding hydrogens is 406 g/mol. The second-order valence-corrected chi connectivity index (χ2v) is 9.93. The third kappa shape index (κ3) is 4.85. The fraction of sp³-hybridized carbons (Fsp3) is 0.440. The number of nitrogens with zero attached hydrogens (tertiary/aromatic N) is 2. The van der Waals surface area contributed by atoms with Crippen LogP contribution in [0, 0.1) is 5.92 Å². The van der Waals surface area contributed by atoms with Crippen molar-refractivity contribution in [2.24, 2.45) is 5.92 Å². The summed E-state index contributed by atoms with van der Waals surface area (Å²) in [4.78, 5) is 34.6. The number of thiophene rings is 1. The number of aromatic nitrogens is 1. The predicted molar refractivity (Wildman–Crippen MR) is 127 cm³/mol. The highest BCUT2D eigenvalue weighted by Gasteiger charge is 2.26. The van der Waals surface area contributed by atoms with Crippen LogP contribution < -0.4 is 4.90 Å². The number of benzene rings is 1. The van der Waals surface area contributed by atoms with E-state index >= 15 is 0 Å². The monoisotopic (exact) mass is 437 g/mol. The molecule has 1 aromatic carbocycles. The summed E-state index contributed by atoms with van der Waals surface area (Å²) < 4.78 is 0. The molecule has 164 valence electrons. The summed E-state index contributed by atoms with van der Waals surface area (Å²) in [5.41, 5.74) is 3.21. The first-order valence-electron chi connectivity index (χ1n) is 11.1. The van der Waals surface area contributed by atoms with E-state index in [2.05, 4.69) is 43.3 Å². The van der Waals surface area contributed by atoms with Crippen LogP contribution in [0.25, 0.3) is 10.9 Å². The molecule has 1 unspecified atom stereocenters. The van der Waals surface area contributed by atoms with Gasteiger partial charge in [-0.15, -0.1) is 11.3 Å². The smallest absolute Gasteiger partial charge is 0.227 e. The Morgan fingerprint density at radius 3 is 2.81 bits per heavy atom. The Labute approximate surface area is 188 Å². The molecule has 3 heterocycles. The molecule has 1 aliphatic heterocycles. The average molecular weight is 438 g/mol. The molecule has 2 amide bonds. The molecule has 0 fully saturated rings. The fourth-order valence-corrected chi connectivity index (χ4v) is 5.47. The van der Waals surface area contributed by atoms with Crippen LogP contribution in [0.4, 0.5) is 5.69 Å². The standard InChI is InChI=1S/C25H31N3O2S/c1-17(2)14-18(3)28(21-4-5-22-19(15-21)8-11-26-22)25(30)7-6-24(29)27-12-9-23-20(16-27)10-13-31-23/h4-5,8,10-11,13,15,17-18,26H,6-7,9,12,14,16H2,1-3H3. The van der Waals surface area contributed by atoms with E-state index in [1.807, 2.05) is 34.2 Å². The Bertz CT molecular complexity index is 1070. The van der Waals surface area contributed by atoms with Gasteiger partial charge in [0, 0.05) is 59.6 Å². The predicted octanol–water partition coefficient (Wildman–Crippen LogP) is 5.36. The fourth-order valence-electron chi connectivity index (χ4n) is 4.58. The number of carbonyl (C=O) groups excluding carboxylic acids is 2. The molecule has 3 aromatic rings. The van der Waals surface area contributed by atoms with Crippen LogP contribution in [-0.4, -0.2) is 34.3 Å². The van der Waals surface area contributed by atoms with Crippen molar-refractivity contribution in [2.75, 3.05) is 11.4 Å². The minimum atomic E-state index is 0.0182. The highest BCUT2D eigenvalue weighted by atomic mass is 32.1. The molecule has 5 nitrogen and oxygen atoms in total. The minimum Gasteiger partial charge on any atom is -0.361 e. The van der Waals surface area contributed by atoms with Crippen molar-refractivity contribution in [2.45, 2.75) is 59.0 Å². The third-order valence-corrected chi connectivity index (χ3v) is 7.07. The van der Waals surface area contributed by atoms with Gasteiger partial charge in [-0.1, -0.05) is 13.8 Å². The van der Waals surface area contributed by atoms with Gasteiger partial charge < -0.3 is 14.8 Å². The van der Waals surface area contributed by atoms with Crippen LogP contribution in [0.15, 0.2) is 41.9 Å². The van der Waals surface area contributed by atoms with Crippen LogP contribution in [0.3, 0.4) is 0 Å². The van der Waals surface area contributed by atoms with E-state index in [4.69, 9.17) is 0 Å². The highest BCUT2D eigenvalue weighted by molar-refractivity contribution is 7.10. The Kier molecular flexibility index (Phi) is 6.46. The Balaban J connectivity index is 1.46. The zero-order chi connectivity index (χ0) is 22.0. The van der Waals surface area contributed by atoms with Gasteiger partial charge in [-0.05, 0) is 67.0 Å². The molecule has 0 saturated carbocycles. The zero-order valence-electron chi connectivity index (χ0n) is 18.6. The maximum Gasteiger partial charge on any atom is 0.227 e. The topological polar surface area (TPSA) is 56.4 Å². The lowest BCUT2D eigenvalue weighted by molar-refractivity contribution is -0.134. The molecule has 31 heavy (non-hydrogen) atoms. The molecule has 0 spiro atoms. The first-order chi connectivity index (χ1) is 14.9. The number of fused-ring (bicyclic) bond motifs is 2. The third-order valence-electron chi connectivity index (χ3n) is 6.05. The number of nitrogens with one attached hydrogen (secondary N) is 1. The Morgan fingerprint density at radius 1 is 1.16 bits per heavy atom. The maximum absolute atomic E-state index is 13.3. The van der Waals surface area contributed by atoms with Gasteiger partial charge in [0.15, 0.2) is 0 Å². The first-order valence-corrected chi connectivity index (χ1v) is 12.0. The van der Waals surface area contributed by atoms with E-state index in [1.54, 1.807) is 11.3 Å². The van der Waals surface area contributed by atoms with E-state index < -0.39 is 0 Å². The number of carbonyl (C=O) groups is 2. The van der Waals surface area contributed by atoms with Gasteiger partial charge in [0.1, 0.15) is 0 Å². The Morgan fingerprint density at radius 2 is 2.00 bits per heavy atom. The van der Waals surface area contributed by atoms with Gasteiger partial charge in [-0.2, -0.15) is 0 Å². The number of hydrogen-bond donors (Lipinski definition) is 1. The molecule has 0 radical (unpaired) electrons. The molecule has 4 rings (SSSR count). The first kappa shape index (κ1) is 21.6. The van der Waals surface area contributed by atoms with E-state index in [9.17, 15) is 9.59 Å². The van der Waals surface area contributed by atoms with Crippen molar-refractivity contribution in [1.29, 1.82) is 0 Å². The van der Waals surface area contributed by atoms with E-state index in [-0.39, 0.29) is 30.7 Å². The van der Waals surface area contributed by atoms with Crippen LogP contribution in [0.1, 0.15) is 50.5 Å². The summed E-state index contributed by atoms with van der Waals surface area (Å²) in [6.07, 6.45) is 4.24. The second-order valence-electron chi connectivity index (χ2n) is 8.93. The SMILES string of the molecule is CC(C)CC(C)N(C(=O)CCC(=O)N1CCc2sccc2C1)c1ccc2[nH]ccc2c1. The summed E-state index contributed by atoms with van der Waals surface area (Å²) in [7, 11) is 0. The molecule has 2 aromatic heterocycles. The van der Waals surface area contributed by atoms with Gasteiger partial charge in [0.05, 0.1) is 0 Å². The summed E-state index contributed by atoms with van der Waals surface area (Å²) in [5, 5.41) is 3.18.